The second kappa shape index (κ2) is 3.07. The minimum Gasteiger partial charge on any atom is -0.366 e. The lowest BCUT2D eigenvalue weighted by atomic mass is 10.0. The Balaban J connectivity index is 2.22. The molecule has 0 amide bonds. The first-order chi connectivity index (χ1) is 8.43. The Morgan fingerprint density at radius 3 is 2.94 bits per heavy atom. The van der Waals surface area contributed by atoms with Crippen LogP contribution in [0.3, 0.4) is 0 Å². The molecule has 1 aliphatic heterocycles. The summed E-state index contributed by atoms with van der Waals surface area (Å²) in [6.07, 6.45) is 3.45. The van der Waals surface area contributed by atoms with Crippen LogP contribution in [-0.4, -0.2) is 16.6 Å². The van der Waals surface area contributed by atoms with Crippen molar-refractivity contribution in [3.63, 3.8) is 0 Å². The number of hydrogen-bond donors (Lipinski definition) is 2. The van der Waals surface area contributed by atoms with Crippen LogP contribution in [0, 0.1) is 0 Å². The largest absolute Gasteiger partial charge is 0.366 e. The number of anilines is 2. The third-order valence-corrected chi connectivity index (χ3v) is 3.21. The van der Waals surface area contributed by atoms with Crippen molar-refractivity contribution in [3.05, 3.63) is 36.8 Å². The molecule has 1 aliphatic rings. The number of fused-ring (bicyclic) bond motifs is 5. The first-order valence-corrected chi connectivity index (χ1v) is 5.57. The van der Waals surface area contributed by atoms with E-state index in [0.29, 0.717) is 0 Å². The van der Waals surface area contributed by atoms with Crippen LogP contribution in [0.5, 0.6) is 0 Å². The second-order valence-electron chi connectivity index (χ2n) is 4.14. The Kier molecular flexibility index (Phi) is 1.58. The van der Waals surface area contributed by atoms with Gasteiger partial charge in [-0.25, -0.2) is 9.97 Å². The third kappa shape index (κ3) is 1.12. The van der Waals surface area contributed by atoms with Gasteiger partial charge in [0.05, 0.1) is 23.6 Å². The van der Waals surface area contributed by atoms with Gasteiger partial charge >= 0.3 is 0 Å². The molecule has 0 aliphatic carbocycles. The fourth-order valence-electron chi connectivity index (χ4n) is 2.43. The predicted molar refractivity (Wildman–Crippen MR) is 69.2 cm³/mol. The molecule has 4 rings (SSSR count). The zero-order chi connectivity index (χ0) is 11.2. The lowest BCUT2D eigenvalue weighted by molar-refractivity contribution is 1.23. The number of aromatic nitrogens is 2. The van der Waals surface area contributed by atoms with Crippen LogP contribution >= 0.6 is 0 Å². The second-order valence-corrected chi connectivity index (χ2v) is 4.14. The van der Waals surface area contributed by atoms with Crippen molar-refractivity contribution in [1.82, 2.24) is 9.97 Å². The van der Waals surface area contributed by atoms with Gasteiger partial charge in [-0.3, -0.25) is 0 Å². The van der Waals surface area contributed by atoms with E-state index in [4.69, 9.17) is 0 Å². The minimum absolute atomic E-state index is 0.788. The van der Waals surface area contributed by atoms with Gasteiger partial charge in [-0.05, 0) is 12.1 Å². The van der Waals surface area contributed by atoms with Crippen molar-refractivity contribution in [2.45, 2.75) is 0 Å². The fraction of sp³-hybridized carbons (Fsp3) is 0.0769. The van der Waals surface area contributed by atoms with Crippen molar-refractivity contribution in [2.24, 2.45) is 0 Å². The molecule has 2 heterocycles. The fourth-order valence-corrected chi connectivity index (χ4v) is 2.43. The van der Waals surface area contributed by atoms with E-state index in [9.17, 15) is 0 Å². The molecule has 1 aromatic heterocycles. The maximum atomic E-state index is 4.38. The molecule has 0 atom stereocenters. The van der Waals surface area contributed by atoms with Crippen LogP contribution in [0.2, 0.25) is 0 Å². The zero-order valence-electron chi connectivity index (χ0n) is 9.07. The molecule has 3 aromatic rings. The van der Waals surface area contributed by atoms with Crippen LogP contribution in [0.15, 0.2) is 36.8 Å². The van der Waals surface area contributed by atoms with Gasteiger partial charge in [-0.1, -0.05) is 12.1 Å². The Labute approximate surface area is 97.7 Å². The van der Waals surface area contributed by atoms with Crippen LogP contribution in [0.4, 0.5) is 11.4 Å². The molecule has 2 aromatic carbocycles. The van der Waals surface area contributed by atoms with Crippen molar-refractivity contribution in [2.75, 3.05) is 17.3 Å². The Hall–Kier alpha value is -2.36. The molecular formula is C13H10N4. The van der Waals surface area contributed by atoms with Crippen molar-refractivity contribution < 1.29 is 0 Å². The molecule has 2 N–H and O–H groups in total. The summed E-state index contributed by atoms with van der Waals surface area (Å²) in [5.41, 5.74) is 3.34. The summed E-state index contributed by atoms with van der Waals surface area (Å²) >= 11 is 0. The highest BCUT2D eigenvalue weighted by molar-refractivity contribution is 6.12. The lowest BCUT2D eigenvalue weighted by Gasteiger charge is -2.06. The van der Waals surface area contributed by atoms with E-state index >= 15 is 0 Å². The van der Waals surface area contributed by atoms with Gasteiger partial charge in [0.2, 0.25) is 0 Å². The Morgan fingerprint density at radius 1 is 1.00 bits per heavy atom. The molecule has 0 bridgehead atoms. The maximum Gasteiger partial charge on any atom is 0.116 e. The number of nitrogens with one attached hydrogen (secondary N) is 2. The number of benzene rings is 2. The van der Waals surface area contributed by atoms with Gasteiger partial charge in [0.1, 0.15) is 6.33 Å². The first-order valence-electron chi connectivity index (χ1n) is 5.57. The molecule has 0 fully saturated rings. The van der Waals surface area contributed by atoms with Gasteiger partial charge in [0.15, 0.2) is 0 Å². The zero-order valence-corrected chi connectivity index (χ0v) is 9.07. The van der Waals surface area contributed by atoms with Crippen LogP contribution < -0.4 is 10.6 Å². The first kappa shape index (κ1) is 8.75. The Morgan fingerprint density at radius 2 is 1.94 bits per heavy atom. The standard InChI is InChI=1S/C13H10N4/c1-2-10-9(12-8(1)5-14-6-16-12)3-4-11-13(10)17-7-15-11/h1-6,15,17H,7H2. The van der Waals surface area contributed by atoms with E-state index in [0.717, 1.165) is 23.3 Å². The van der Waals surface area contributed by atoms with Gasteiger partial charge in [0, 0.05) is 22.4 Å². The molecule has 0 unspecified atom stereocenters. The van der Waals surface area contributed by atoms with Crippen LogP contribution in [-0.2, 0) is 0 Å². The van der Waals surface area contributed by atoms with E-state index in [-0.39, 0.29) is 0 Å². The molecule has 0 radical (unpaired) electrons. The van der Waals surface area contributed by atoms with Crippen molar-refractivity contribution >= 4 is 33.1 Å². The van der Waals surface area contributed by atoms with Gasteiger partial charge in [-0.2, -0.15) is 0 Å². The summed E-state index contributed by atoms with van der Waals surface area (Å²) in [7, 11) is 0. The normalized spacial score (nSPS) is 13.4. The van der Waals surface area contributed by atoms with Gasteiger partial charge in [-0.15, -0.1) is 0 Å². The summed E-state index contributed by atoms with van der Waals surface area (Å²) in [5, 5.41) is 10.1. The van der Waals surface area contributed by atoms with E-state index in [1.54, 1.807) is 6.33 Å². The molecular weight excluding hydrogens is 212 g/mol. The van der Waals surface area contributed by atoms with Crippen LogP contribution in [0.1, 0.15) is 0 Å². The third-order valence-electron chi connectivity index (χ3n) is 3.21. The summed E-state index contributed by atoms with van der Waals surface area (Å²) < 4.78 is 0. The van der Waals surface area contributed by atoms with Crippen LogP contribution in [0.25, 0.3) is 21.7 Å². The maximum absolute atomic E-state index is 4.38. The molecule has 0 saturated heterocycles. The van der Waals surface area contributed by atoms with Crippen molar-refractivity contribution in [1.29, 1.82) is 0 Å². The smallest absolute Gasteiger partial charge is 0.116 e. The quantitative estimate of drug-likeness (QED) is 0.574. The summed E-state index contributed by atoms with van der Waals surface area (Å²) in [6, 6.07) is 8.40. The minimum atomic E-state index is 0.788. The summed E-state index contributed by atoms with van der Waals surface area (Å²) in [5.74, 6) is 0. The van der Waals surface area contributed by atoms with E-state index in [2.05, 4.69) is 44.9 Å². The SMILES string of the molecule is c1ncc2ccc3c4c(ccc3c2n1)NCN4. The molecule has 4 heteroatoms. The predicted octanol–water partition coefficient (Wildman–Crippen LogP) is 2.58. The summed E-state index contributed by atoms with van der Waals surface area (Å²) in [4.78, 5) is 8.43. The molecule has 0 saturated carbocycles. The highest BCUT2D eigenvalue weighted by Gasteiger charge is 2.13. The number of rotatable bonds is 0. The highest BCUT2D eigenvalue weighted by Crippen LogP contribution is 2.36. The van der Waals surface area contributed by atoms with E-state index in [1.165, 1.54) is 16.5 Å². The molecule has 4 nitrogen and oxygen atoms in total. The monoisotopic (exact) mass is 222 g/mol. The van der Waals surface area contributed by atoms with E-state index in [1.807, 2.05) is 6.20 Å². The van der Waals surface area contributed by atoms with Crippen molar-refractivity contribution in [3.8, 4) is 0 Å². The molecule has 17 heavy (non-hydrogen) atoms. The average molecular weight is 222 g/mol. The number of nitrogens with zero attached hydrogens (tertiary/aromatic N) is 2. The molecule has 82 valence electrons. The average Bonchev–Trinajstić information content (AvgIpc) is 2.86. The van der Waals surface area contributed by atoms with Gasteiger partial charge in [0.25, 0.3) is 0 Å². The molecule has 0 spiro atoms. The number of hydrogen-bond acceptors (Lipinski definition) is 4. The van der Waals surface area contributed by atoms with E-state index < -0.39 is 0 Å². The van der Waals surface area contributed by atoms with Gasteiger partial charge < -0.3 is 10.6 Å². The summed E-state index contributed by atoms with van der Waals surface area (Å²) in [6.45, 7) is 0.788. The lowest BCUT2D eigenvalue weighted by Crippen LogP contribution is -1.99. The Bertz CT molecular complexity index is 736. The topological polar surface area (TPSA) is 49.8 Å². The highest BCUT2D eigenvalue weighted by atomic mass is 15.1.